The standard InChI is InChI=1S/C20H21N5O2/c1-5-11-23-18(26)16-17(22(4)20(23)27)21-19-24(16)12-13(3)25(19)15-9-7-14(6-2)8-10-15/h5,7-10,12H,1,6,11H2,2-4H3. The summed E-state index contributed by atoms with van der Waals surface area (Å²) in [6.07, 6.45) is 4.39. The van der Waals surface area contributed by atoms with E-state index < -0.39 is 5.69 Å². The van der Waals surface area contributed by atoms with Crippen LogP contribution in [0.4, 0.5) is 0 Å². The normalized spacial score (nSPS) is 11.5. The largest absolute Gasteiger partial charge is 0.332 e. The van der Waals surface area contributed by atoms with Crippen LogP contribution in [0.15, 0.2) is 52.7 Å². The Labute approximate surface area is 155 Å². The molecule has 0 aliphatic carbocycles. The molecule has 7 nitrogen and oxygen atoms in total. The number of allylic oxidation sites excluding steroid dienone is 1. The SMILES string of the molecule is C=CCn1c(=O)c2c(nc3n(-c4ccc(CC)cc4)c(C)cn23)n(C)c1=O. The number of imidazole rings is 2. The van der Waals surface area contributed by atoms with Crippen molar-refractivity contribution in [3.63, 3.8) is 0 Å². The molecule has 0 bridgehead atoms. The number of fused-ring (bicyclic) bond motifs is 3. The number of aryl methyl sites for hydroxylation is 3. The van der Waals surface area contributed by atoms with Gasteiger partial charge in [-0.25, -0.2) is 4.79 Å². The average Bonchev–Trinajstić information content (AvgIpc) is 3.18. The molecule has 0 unspecified atom stereocenters. The molecule has 0 amide bonds. The fourth-order valence-electron chi connectivity index (χ4n) is 3.50. The lowest BCUT2D eigenvalue weighted by atomic mass is 10.1. The number of nitrogens with zero attached hydrogens (tertiary/aromatic N) is 5. The van der Waals surface area contributed by atoms with Gasteiger partial charge in [-0.2, -0.15) is 4.98 Å². The summed E-state index contributed by atoms with van der Waals surface area (Å²) in [4.78, 5) is 30.1. The molecule has 4 aromatic rings. The molecular formula is C20H21N5O2. The zero-order chi connectivity index (χ0) is 19.3. The molecule has 0 atom stereocenters. The maximum Gasteiger partial charge on any atom is 0.332 e. The number of benzene rings is 1. The minimum atomic E-state index is -0.399. The molecule has 138 valence electrons. The Morgan fingerprint density at radius 3 is 2.52 bits per heavy atom. The highest BCUT2D eigenvalue weighted by molar-refractivity contribution is 5.76. The second kappa shape index (κ2) is 6.12. The van der Waals surface area contributed by atoms with Crippen LogP contribution in [0.25, 0.3) is 22.6 Å². The maximum absolute atomic E-state index is 12.9. The third-order valence-corrected chi connectivity index (χ3v) is 4.94. The van der Waals surface area contributed by atoms with Crippen molar-refractivity contribution in [1.29, 1.82) is 0 Å². The van der Waals surface area contributed by atoms with E-state index in [0.717, 1.165) is 17.8 Å². The van der Waals surface area contributed by atoms with Crippen LogP contribution in [0, 0.1) is 6.92 Å². The van der Waals surface area contributed by atoms with Gasteiger partial charge in [-0.1, -0.05) is 25.1 Å². The summed E-state index contributed by atoms with van der Waals surface area (Å²) in [6, 6.07) is 8.25. The Morgan fingerprint density at radius 1 is 1.19 bits per heavy atom. The van der Waals surface area contributed by atoms with Crippen LogP contribution in [0.2, 0.25) is 0 Å². The first-order chi connectivity index (χ1) is 13.0. The predicted molar refractivity (Wildman–Crippen MR) is 106 cm³/mol. The first kappa shape index (κ1) is 17.1. The minimum absolute atomic E-state index is 0.160. The zero-order valence-electron chi connectivity index (χ0n) is 15.6. The van der Waals surface area contributed by atoms with Crippen molar-refractivity contribution in [3.05, 3.63) is 75.2 Å². The molecule has 4 rings (SSSR count). The molecule has 0 aliphatic heterocycles. The van der Waals surface area contributed by atoms with E-state index in [0.29, 0.717) is 16.9 Å². The van der Waals surface area contributed by atoms with Gasteiger partial charge in [0, 0.05) is 31.2 Å². The van der Waals surface area contributed by atoms with Crippen molar-refractivity contribution in [1.82, 2.24) is 23.1 Å². The van der Waals surface area contributed by atoms with Gasteiger partial charge in [-0.3, -0.25) is 22.9 Å². The quantitative estimate of drug-likeness (QED) is 0.522. The summed E-state index contributed by atoms with van der Waals surface area (Å²) in [7, 11) is 1.63. The van der Waals surface area contributed by atoms with Crippen molar-refractivity contribution in [2.24, 2.45) is 7.05 Å². The van der Waals surface area contributed by atoms with Crippen LogP contribution in [0.1, 0.15) is 18.2 Å². The number of rotatable bonds is 4. The zero-order valence-corrected chi connectivity index (χ0v) is 15.6. The number of hydrogen-bond acceptors (Lipinski definition) is 3. The van der Waals surface area contributed by atoms with Gasteiger partial charge in [0.15, 0.2) is 11.2 Å². The van der Waals surface area contributed by atoms with Gasteiger partial charge in [0.2, 0.25) is 5.78 Å². The summed E-state index contributed by atoms with van der Waals surface area (Å²) in [6.45, 7) is 7.88. The first-order valence-corrected chi connectivity index (χ1v) is 8.88. The molecule has 0 radical (unpaired) electrons. The summed E-state index contributed by atoms with van der Waals surface area (Å²) in [5.41, 5.74) is 3.17. The van der Waals surface area contributed by atoms with E-state index in [9.17, 15) is 9.59 Å². The fourth-order valence-corrected chi connectivity index (χ4v) is 3.50. The molecule has 3 aromatic heterocycles. The number of hydrogen-bond donors (Lipinski definition) is 0. The lowest BCUT2D eigenvalue weighted by Gasteiger charge is -2.07. The summed E-state index contributed by atoms with van der Waals surface area (Å²) in [5, 5.41) is 0. The van der Waals surface area contributed by atoms with Crippen molar-refractivity contribution >= 4 is 16.9 Å². The van der Waals surface area contributed by atoms with E-state index in [1.54, 1.807) is 17.5 Å². The van der Waals surface area contributed by atoms with Crippen molar-refractivity contribution < 1.29 is 0 Å². The van der Waals surface area contributed by atoms with Gasteiger partial charge in [-0.05, 0) is 31.0 Å². The Balaban J connectivity index is 2.09. The second-order valence-corrected chi connectivity index (χ2v) is 6.63. The third kappa shape index (κ3) is 2.38. The summed E-state index contributed by atoms with van der Waals surface area (Å²) >= 11 is 0. The lowest BCUT2D eigenvalue weighted by molar-refractivity contribution is 0.667. The van der Waals surface area contributed by atoms with Crippen LogP contribution in [-0.4, -0.2) is 23.1 Å². The predicted octanol–water partition coefficient (Wildman–Crippen LogP) is 2.20. The summed E-state index contributed by atoms with van der Waals surface area (Å²) < 4.78 is 6.33. The topological polar surface area (TPSA) is 66.2 Å². The van der Waals surface area contributed by atoms with E-state index in [1.807, 2.05) is 29.8 Å². The second-order valence-electron chi connectivity index (χ2n) is 6.63. The minimum Gasteiger partial charge on any atom is -0.283 e. The van der Waals surface area contributed by atoms with Gasteiger partial charge in [0.05, 0.1) is 0 Å². The van der Waals surface area contributed by atoms with E-state index in [4.69, 9.17) is 0 Å². The highest BCUT2D eigenvalue weighted by Crippen LogP contribution is 2.21. The first-order valence-electron chi connectivity index (χ1n) is 8.88. The molecule has 0 spiro atoms. The lowest BCUT2D eigenvalue weighted by Crippen LogP contribution is -2.39. The molecule has 0 N–H and O–H groups in total. The van der Waals surface area contributed by atoms with Crippen molar-refractivity contribution in [3.8, 4) is 5.69 Å². The highest BCUT2D eigenvalue weighted by atomic mass is 16.2. The van der Waals surface area contributed by atoms with Crippen LogP contribution >= 0.6 is 0 Å². The maximum atomic E-state index is 12.9. The van der Waals surface area contributed by atoms with Crippen molar-refractivity contribution in [2.75, 3.05) is 0 Å². The Kier molecular flexibility index (Phi) is 3.87. The van der Waals surface area contributed by atoms with Gasteiger partial charge >= 0.3 is 5.69 Å². The average molecular weight is 363 g/mol. The molecule has 0 fully saturated rings. The van der Waals surface area contributed by atoms with E-state index >= 15 is 0 Å². The van der Waals surface area contributed by atoms with Gasteiger partial charge in [0.1, 0.15) is 0 Å². The molecule has 3 heterocycles. The van der Waals surface area contributed by atoms with Crippen LogP contribution < -0.4 is 11.2 Å². The molecule has 0 saturated carbocycles. The molecule has 27 heavy (non-hydrogen) atoms. The van der Waals surface area contributed by atoms with Crippen LogP contribution in [0.5, 0.6) is 0 Å². The highest BCUT2D eigenvalue weighted by Gasteiger charge is 2.20. The monoisotopic (exact) mass is 363 g/mol. The van der Waals surface area contributed by atoms with E-state index in [1.165, 1.54) is 14.7 Å². The molecule has 0 saturated heterocycles. The molecular weight excluding hydrogens is 342 g/mol. The van der Waals surface area contributed by atoms with Gasteiger partial charge in [0.25, 0.3) is 5.56 Å². The molecule has 7 heteroatoms. The van der Waals surface area contributed by atoms with Crippen LogP contribution in [-0.2, 0) is 20.0 Å². The smallest absolute Gasteiger partial charge is 0.283 e. The third-order valence-electron chi connectivity index (χ3n) is 4.94. The Morgan fingerprint density at radius 2 is 1.89 bits per heavy atom. The number of aromatic nitrogens is 5. The molecule has 1 aromatic carbocycles. The van der Waals surface area contributed by atoms with E-state index in [-0.39, 0.29) is 12.1 Å². The Hall–Kier alpha value is -3.35. The Bertz CT molecular complexity index is 1300. The molecule has 0 aliphatic rings. The van der Waals surface area contributed by atoms with Crippen LogP contribution in [0.3, 0.4) is 0 Å². The fraction of sp³-hybridized carbons (Fsp3) is 0.250. The van der Waals surface area contributed by atoms with E-state index in [2.05, 4.69) is 30.6 Å². The summed E-state index contributed by atoms with van der Waals surface area (Å²) in [5.74, 6) is 0.607. The van der Waals surface area contributed by atoms with Gasteiger partial charge in [-0.15, -0.1) is 6.58 Å². The van der Waals surface area contributed by atoms with Gasteiger partial charge < -0.3 is 0 Å². The van der Waals surface area contributed by atoms with Crippen molar-refractivity contribution in [2.45, 2.75) is 26.8 Å².